The number of aromatic nitrogens is 4. The summed E-state index contributed by atoms with van der Waals surface area (Å²) < 4.78 is 21.2. The standard InChI is InChI=1S/C18H24FN7O/c1-12-15(9-26(25-12)18(2,3)11-20)23-17-22-8-14(19)16(24-17)27-10-13-4-6-21-7-5-13/h8-9,13,21H,4-7,10H2,1-3H3,(H,22,23,24). The second-order valence-electron chi connectivity index (χ2n) is 7.22. The molecule has 1 aliphatic rings. The van der Waals surface area contributed by atoms with Crippen molar-refractivity contribution >= 4 is 11.6 Å². The molecule has 2 aromatic rings. The number of nitriles is 1. The first-order valence-electron chi connectivity index (χ1n) is 9.00. The minimum absolute atomic E-state index is 0.0616. The third-order valence-corrected chi connectivity index (χ3v) is 4.62. The first-order chi connectivity index (χ1) is 12.9. The molecule has 2 N–H and O–H groups in total. The van der Waals surface area contributed by atoms with E-state index in [9.17, 15) is 9.65 Å². The number of anilines is 2. The maximum absolute atomic E-state index is 14.0. The van der Waals surface area contributed by atoms with E-state index in [4.69, 9.17) is 4.74 Å². The van der Waals surface area contributed by atoms with Gasteiger partial charge >= 0.3 is 0 Å². The molecule has 1 fully saturated rings. The van der Waals surface area contributed by atoms with Crippen LogP contribution in [0.15, 0.2) is 12.4 Å². The Labute approximate surface area is 157 Å². The van der Waals surface area contributed by atoms with Crippen molar-refractivity contribution in [1.29, 1.82) is 5.26 Å². The highest BCUT2D eigenvalue weighted by molar-refractivity contribution is 5.55. The molecular formula is C18H24FN7O. The number of rotatable bonds is 6. The number of piperidine rings is 1. The summed E-state index contributed by atoms with van der Waals surface area (Å²) in [6, 6.07) is 2.19. The van der Waals surface area contributed by atoms with Crippen LogP contribution in [-0.2, 0) is 5.54 Å². The molecule has 0 aliphatic carbocycles. The Morgan fingerprint density at radius 3 is 2.89 bits per heavy atom. The number of nitrogens with one attached hydrogen (secondary N) is 2. The van der Waals surface area contributed by atoms with Gasteiger partial charge in [-0.3, -0.25) is 4.68 Å². The fraction of sp³-hybridized carbons (Fsp3) is 0.556. The number of halogens is 1. The number of ether oxygens (including phenoxy) is 1. The van der Waals surface area contributed by atoms with Gasteiger partial charge in [0.25, 0.3) is 5.88 Å². The molecule has 0 unspecified atom stereocenters. The lowest BCUT2D eigenvalue weighted by molar-refractivity contribution is 0.201. The van der Waals surface area contributed by atoms with Gasteiger partial charge in [-0.25, -0.2) is 4.98 Å². The van der Waals surface area contributed by atoms with Crippen molar-refractivity contribution < 1.29 is 9.13 Å². The zero-order chi connectivity index (χ0) is 19.4. The van der Waals surface area contributed by atoms with E-state index in [-0.39, 0.29) is 11.8 Å². The molecule has 1 aliphatic heterocycles. The number of aryl methyl sites for hydroxylation is 1. The van der Waals surface area contributed by atoms with Gasteiger partial charge in [0, 0.05) is 0 Å². The van der Waals surface area contributed by atoms with Crippen LogP contribution in [0.5, 0.6) is 5.88 Å². The van der Waals surface area contributed by atoms with E-state index >= 15 is 0 Å². The molecule has 3 rings (SSSR count). The Morgan fingerprint density at radius 1 is 1.44 bits per heavy atom. The number of hydrogen-bond acceptors (Lipinski definition) is 7. The SMILES string of the molecule is Cc1nn(C(C)(C)C#N)cc1Nc1ncc(F)c(OCC2CCNCC2)n1. The normalized spacial score (nSPS) is 15.4. The van der Waals surface area contributed by atoms with Crippen molar-refractivity contribution in [3.05, 3.63) is 23.9 Å². The lowest BCUT2D eigenvalue weighted by Crippen LogP contribution is -2.30. The van der Waals surface area contributed by atoms with Crippen molar-refractivity contribution in [2.45, 2.75) is 39.2 Å². The molecule has 3 heterocycles. The summed E-state index contributed by atoms with van der Waals surface area (Å²) in [7, 11) is 0. The largest absolute Gasteiger partial charge is 0.475 e. The van der Waals surface area contributed by atoms with E-state index in [1.165, 1.54) is 0 Å². The van der Waals surface area contributed by atoms with Crippen molar-refractivity contribution in [3.8, 4) is 11.9 Å². The molecule has 0 atom stereocenters. The summed E-state index contributed by atoms with van der Waals surface area (Å²) >= 11 is 0. The van der Waals surface area contributed by atoms with Crippen LogP contribution in [0.1, 0.15) is 32.4 Å². The molecule has 0 spiro atoms. The Kier molecular flexibility index (Phi) is 5.56. The molecule has 2 aromatic heterocycles. The molecule has 27 heavy (non-hydrogen) atoms. The highest BCUT2D eigenvalue weighted by Crippen LogP contribution is 2.24. The van der Waals surface area contributed by atoms with Gasteiger partial charge in [-0.05, 0) is 52.6 Å². The van der Waals surface area contributed by atoms with Crippen LogP contribution >= 0.6 is 0 Å². The fourth-order valence-corrected chi connectivity index (χ4v) is 2.80. The number of hydrogen-bond donors (Lipinski definition) is 2. The topological polar surface area (TPSA) is 101 Å². The van der Waals surface area contributed by atoms with Crippen LogP contribution in [0.25, 0.3) is 0 Å². The summed E-state index contributed by atoms with van der Waals surface area (Å²) in [5.74, 6) is -0.0409. The molecule has 1 saturated heterocycles. The highest BCUT2D eigenvalue weighted by Gasteiger charge is 2.22. The van der Waals surface area contributed by atoms with Gasteiger partial charge in [0.2, 0.25) is 11.8 Å². The second-order valence-corrected chi connectivity index (χ2v) is 7.22. The Balaban J connectivity index is 1.71. The lowest BCUT2D eigenvalue weighted by Gasteiger charge is -2.22. The smallest absolute Gasteiger partial charge is 0.255 e. The first kappa shape index (κ1) is 19.0. The van der Waals surface area contributed by atoms with E-state index in [0.717, 1.165) is 32.1 Å². The average molecular weight is 373 g/mol. The quantitative estimate of drug-likeness (QED) is 0.802. The minimum atomic E-state index is -0.780. The van der Waals surface area contributed by atoms with E-state index < -0.39 is 11.4 Å². The Morgan fingerprint density at radius 2 is 2.19 bits per heavy atom. The maximum atomic E-state index is 14.0. The molecular weight excluding hydrogens is 349 g/mol. The van der Waals surface area contributed by atoms with Gasteiger partial charge in [-0.15, -0.1) is 0 Å². The van der Waals surface area contributed by atoms with Gasteiger partial charge < -0.3 is 15.4 Å². The minimum Gasteiger partial charge on any atom is -0.475 e. The van der Waals surface area contributed by atoms with Crippen molar-refractivity contribution in [2.75, 3.05) is 25.0 Å². The van der Waals surface area contributed by atoms with E-state index in [1.54, 1.807) is 24.7 Å². The fourth-order valence-electron chi connectivity index (χ4n) is 2.80. The van der Waals surface area contributed by atoms with Crippen molar-refractivity contribution in [2.24, 2.45) is 5.92 Å². The van der Waals surface area contributed by atoms with Crippen LogP contribution in [0, 0.1) is 30.0 Å². The van der Waals surface area contributed by atoms with E-state index in [1.807, 2.05) is 6.92 Å². The molecule has 8 nitrogen and oxygen atoms in total. The lowest BCUT2D eigenvalue weighted by atomic mass is 9.99. The van der Waals surface area contributed by atoms with Gasteiger partial charge in [0.1, 0.15) is 5.54 Å². The molecule has 0 saturated carbocycles. The molecule has 0 radical (unpaired) electrons. The second kappa shape index (κ2) is 7.88. The Bertz CT molecular complexity index is 837. The number of nitrogens with zero attached hydrogens (tertiary/aromatic N) is 5. The molecule has 0 amide bonds. The molecule has 0 bridgehead atoms. The summed E-state index contributed by atoms with van der Waals surface area (Å²) in [6.45, 7) is 7.69. The zero-order valence-electron chi connectivity index (χ0n) is 15.8. The van der Waals surface area contributed by atoms with Crippen molar-refractivity contribution in [3.63, 3.8) is 0 Å². The summed E-state index contributed by atoms with van der Waals surface area (Å²) in [5, 5.41) is 19.9. The molecule has 0 aromatic carbocycles. The monoisotopic (exact) mass is 373 g/mol. The third kappa shape index (κ3) is 4.52. The van der Waals surface area contributed by atoms with Crippen LogP contribution in [0.2, 0.25) is 0 Å². The maximum Gasteiger partial charge on any atom is 0.255 e. The van der Waals surface area contributed by atoms with Gasteiger partial charge in [-0.2, -0.15) is 19.7 Å². The molecule has 144 valence electrons. The van der Waals surface area contributed by atoms with E-state index in [2.05, 4.69) is 31.8 Å². The van der Waals surface area contributed by atoms with Crippen LogP contribution in [0.4, 0.5) is 16.0 Å². The Hall–Kier alpha value is -2.73. The third-order valence-electron chi connectivity index (χ3n) is 4.62. The average Bonchev–Trinajstić information content (AvgIpc) is 3.04. The molecule has 9 heteroatoms. The van der Waals surface area contributed by atoms with Gasteiger partial charge in [0.15, 0.2) is 0 Å². The predicted molar refractivity (Wildman–Crippen MR) is 98.3 cm³/mol. The van der Waals surface area contributed by atoms with Gasteiger partial charge in [-0.1, -0.05) is 0 Å². The predicted octanol–water partition coefficient (Wildman–Crippen LogP) is 2.50. The summed E-state index contributed by atoms with van der Waals surface area (Å²) in [5.41, 5.74) is 0.551. The summed E-state index contributed by atoms with van der Waals surface area (Å²) in [6.07, 6.45) is 4.81. The van der Waals surface area contributed by atoms with Crippen LogP contribution < -0.4 is 15.4 Å². The zero-order valence-corrected chi connectivity index (χ0v) is 15.8. The van der Waals surface area contributed by atoms with Crippen molar-refractivity contribution in [1.82, 2.24) is 25.1 Å². The summed E-state index contributed by atoms with van der Waals surface area (Å²) in [4.78, 5) is 8.12. The highest BCUT2D eigenvalue weighted by atomic mass is 19.1. The van der Waals surface area contributed by atoms with Crippen LogP contribution in [0.3, 0.4) is 0 Å². The van der Waals surface area contributed by atoms with E-state index in [0.29, 0.717) is 23.9 Å². The first-order valence-corrected chi connectivity index (χ1v) is 9.00. The van der Waals surface area contributed by atoms with Crippen LogP contribution in [-0.4, -0.2) is 39.4 Å². The van der Waals surface area contributed by atoms with Gasteiger partial charge in [0.05, 0.1) is 36.5 Å².